The zero-order chi connectivity index (χ0) is 20.1. The first-order chi connectivity index (χ1) is 14.2. The Kier molecular flexibility index (Phi) is 5.66. The fourth-order valence-corrected chi connectivity index (χ4v) is 3.80. The number of hydrogen-bond donors (Lipinski definition) is 1. The van der Waals surface area contributed by atoms with Crippen molar-refractivity contribution in [1.82, 2.24) is 35.5 Å². The number of hydrogen-bond acceptors (Lipinski definition) is 7. The van der Waals surface area contributed by atoms with Gasteiger partial charge in [0, 0.05) is 41.9 Å². The average molecular weight is 405 g/mol. The van der Waals surface area contributed by atoms with E-state index in [1.807, 2.05) is 31.2 Å². The zero-order valence-electron chi connectivity index (χ0n) is 15.8. The van der Waals surface area contributed by atoms with Gasteiger partial charge in [-0.15, -0.1) is 16.4 Å². The molecule has 0 radical (unpaired) electrons. The van der Waals surface area contributed by atoms with Crippen molar-refractivity contribution in [2.75, 3.05) is 6.54 Å². The van der Waals surface area contributed by atoms with Gasteiger partial charge in [0.25, 0.3) is 5.91 Å². The Morgan fingerprint density at radius 1 is 1.21 bits per heavy atom. The highest BCUT2D eigenvalue weighted by Gasteiger charge is 2.10. The Balaban J connectivity index is 1.28. The van der Waals surface area contributed by atoms with Crippen LogP contribution in [-0.2, 0) is 6.42 Å². The van der Waals surface area contributed by atoms with Crippen molar-refractivity contribution in [2.45, 2.75) is 19.8 Å². The summed E-state index contributed by atoms with van der Waals surface area (Å²) in [4.78, 5) is 21.1. The lowest BCUT2D eigenvalue weighted by Gasteiger charge is -2.08. The van der Waals surface area contributed by atoms with E-state index in [-0.39, 0.29) is 5.91 Å². The van der Waals surface area contributed by atoms with Crippen molar-refractivity contribution >= 4 is 17.2 Å². The Labute approximate surface area is 171 Å². The first kappa shape index (κ1) is 18.9. The molecule has 0 saturated heterocycles. The molecule has 0 fully saturated rings. The van der Waals surface area contributed by atoms with Crippen molar-refractivity contribution in [3.05, 3.63) is 70.6 Å². The topological polar surface area (TPSA) is 98.5 Å². The monoisotopic (exact) mass is 405 g/mol. The quantitative estimate of drug-likeness (QED) is 0.475. The first-order valence-corrected chi connectivity index (χ1v) is 10.1. The smallest absolute Gasteiger partial charge is 0.251 e. The Morgan fingerprint density at radius 3 is 2.83 bits per heavy atom. The Hall–Kier alpha value is -3.46. The van der Waals surface area contributed by atoms with E-state index in [1.165, 1.54) is 6.33 Å². The number of nitrogens with one attached hydrogen (secondary N) is 1. The van der Waals surface area contributed by atoms with Gasteiger partial charge in [0.1, 0.15) is 6.33 Å². The van der Waals surface area contributed by atoms with Crippen molar-refractivity contribution in [1.29, 1.82) is 0 Å². The van der Waals surface area contributed by atoms with Crippen LogP contribution in [0.2, 0.25) is 0 Å². The van der Waals surface area contributed by atoms with Gasteiger partial charge in [0.05, 0.1) is 16.4 Å². The van der Waals surface area contributed by atoms with Crippen molar-refractivity contribution in [3.63, 3.8) is 0 Å². The molecule has 3 heterocycles. The van der Waals surface area contributed by atoms with E-state index in [9.17, 15) is 4.79 Å². The van der Waals surface area contributed by atoms with Gasteiger partial charge in [-0.3, -0.25) is 9.78 Å². The summed E-state index contributed by atoms with van der Waals surface area (Å²) in [6.07, 6.45) is 6.72. The van der Waals surface area contributed by atoms with Crippen LogP contribution >= 0.6 is 11.3 Å². The van der Waals surface area contributed by atoms with Crippen LogP contribution in [0.5, 0.6) is 0 Å². The normalized spacial score (nSPS) is 10.8. The van der Waals surface area contributed by atoms with E-state index in [0.29, 0.717) is 12.1 Å². The van der Waals surface area contributed by atoms with E-state index in [2.05, 4.69) is 36.2 Å². The molecule has 8 nitrogen and oxygen atoms in total. The molecule has 3 aromatic heterocycles. The number of carbonyl (C=O) groups excluding carboxylic acids is 1. The number of carbonyl (C=O) groups is 1. The Morgan fingerprint density at radius 2 is 2.07 bits per heavy atom. The third-order valence-electron chi connectivity index (χ3n) is 4.44. The van der Waals surface area contributed by atoms with Gasteiger partial charge in [0.2, 0.25) is 0 Å². The second-order valence-corrected chi connectivity index (χ2v) is 7.42. The maximum atomic E-state index is 12.4. The van der Waals surface area contributed by atoms with Crippen molar-refractivity contribution < 1.29 is 4.79 Å². The summed E-state index contributed by atoms with van der Waals surface area (Å²) >= 11 is 1.64. The molecule has 1 N–H and O–H groups in total. The number of amides is 1. The fourth-order valence-electron chi connectivity index (χ4n) is 2.95. The van der Waals surface area contributed by atoms with Crippen LogP contribution in [0.1, 0.15) is 27.3 Å². The van der Waals surface area contributed by atoms with Crippen LogP contribution in [-0.4, -0.2) is 42.6 Å². The molecular weight excluding hydrogens is 386 g/mol. The van der Waals surface area contributed by atoms with Crippen LogP contribution in [0.15, 0.2) is 54.4 Å². The number of rotatable bonds is 7. The third-order valence-corrected chi connectivity index (χ3v) is 5.34. The summed E-state index contributed by atoms with van der Waals surface area (Å²) in [6, 6.07) is 9.36. The lowest BCUT2D eigenvalue weighted by atomic mass is 10.1. The molecule has 0 saturated carbocycles. The Bertz CT molecular complexity index is 1090. The number of aromatic nitrogens is 6. The number of benzene rings is 1. The number of tetrazole rings is 1. The van der Waals surface area contributed by atoms with Crippen LogP contribution in [0.25, 0.3) is 16.9 Å². The third kappa shape index (κ3) is 4.52. The van der Waals surface area contributed by atoms with Gasteiger partial charge < -0.3 is 5.32 Å². The summed E-state index contributed by atoms with van der Waals surface area (Å²) in [6.45, 7) is 2.52. The van der Waals surface area contributed by atoms with Gasteiger partial charge in [-0.1, -0.05) is 0 Å². The van der Waals surface area contributed by atoms with E-state index in [0.717, 1.165) is 40.4 Å². The lowest BCUT2D eigenvalue weighted by molar-refractivity contribution is 0.0953. The molecule has 4 rings (SSSR count). The molecule has 146 valence electrons. The van der Waals surface area contributed by atoms with Crippen molar-refractivity contribution in [2.24, 2.45) is 0 Å². The summed E-state index contributed by atoms with van der Waals surface area (Å²) in [5.74, 6) is -0.0898. The van der Waals surface area contributed by atoms with Gasteiger partial charge in [0.15, 0.2) is 0 Å². The largest absolute Gasteiger partial charge is 0.352 e. The molecule has 4 aromatic rings. The number of pyridine rings is 1. The van der Waals surface area contributed by atoms with E-state index in [1.54, 1.807) is 34.5 Å². The molecule has 0 atom stereocenters. The van der Waals surface area contributed by atoms with Gasteiger partial charge >= 0.3 is 0 Å². The van der Waals surface area contributed by atoms with E-state index >= 15 is 0 Å². The molecule has 1 aromatic carbocycles. The second kappa shape index (κ2) is 8.70. The number of nitrogens with zero attached hydrogens (tertiary/aromatic N) is 6. The van der Waals surface area contributed by atoms with Crippen LogP contribution in [0, 0.1) is 6.92 Å². The predicted molar refractivity (Wildman–Crippen MR) is 110 cm³/mol. The van der Waals surface area contributed by atoms with Gasteiger partial charge in [-0.25, -0.2) is 9.67 Å². The molecular formula is C20H19N7OS. The van der Waals surface area contributed by atoms with E-state index in [4.69, 9.17) is 0 Å². The van der Waals surface area contributed by atoms with E-state index < -0.39 is 0 Å². The summed E-state index contributed by atoms with van der Waals surface area (Å²) in [5.41, 5.74) is 4.43. The van der Waals surface area contributed by atoms with Crippen molar-refractivity contribution in [3.8, 4) is 16.9 Å². The highest BCUT2D eigenvalue weighted by Crippen LogP contribution is 2.21. The van der Waals surface area contributed by atoms with Crippen LogP contribution < -0.4 is 5.32 Å². The molecule has 0 aliphatic rings. The molecule has 29 heavy (non-hydrogen) atoms. The SMILES string of the molecule is Cc1cc(C(=O)NCCCc2nc(-c3ccncc3)cs2)ccc1-n1cnnn1. The van der Waals surface area contributed by atoms with Crippen LogP contribution in [0.3, 0.4) is 0 Å². The molecule has 0 aliphatic carbocycles. The molecule has 1 amide bonds. The first-order valence-electron chi connectivity index (χ1n) is 9.18. The predicted octanol–water partition coefficient (Wildman–Crippen LogP) is 2.85. The second-order valence-electron chi connectivity index (χ2n) is 6.48. The minimum absolute atomic E-state index is 0.0898. The average Bonchev–Trinajstić information content (AvgIpc) is 3.44. The molecule has 0 bridgehead atoms. The standard InChI is InChI=1S/C20H19N7OS/c1-14-11-16(4-5-18(14)27-13-23-25-26-27)20(28)22-8-2-3-19-24-17(12-29-19)15-6-9-21-10-7-15/h4-7,9-13H,2-3,8H2,1H3,(H,22,28). The van der Waals surface area contributed by atoms with Crippen LogP contribution in [0.4, 0.5) is 0 Å². The highest BCUT2D eigenvalue weighted by atomic mass is 32.1. The molecule has 9 heteroatoms. The summed E-state index contributed by atoms with van der Waals surface area (Å²) in [5, 5.41) is 17.2. The maximum Gasteiger partial charge on any atom is 0.251 e. The summed E-state index contributed by atoms with van der Waals surface area (Å²) < 4.78 is 1.57. The number of aryl methyl sites for hydroxylation is 2. The zero-order valence-corrected chi connectivity index (χ0v) is 16.6. The van der Waals surface area contributed by atoms with Gasteiger partial charge in [-0.2, -0.15) is 0 Å². The maximum absolute atomic E-state index is 12.4. The molecule has 0 aliphatic heterocycles. The summed E-state index contributed by atoms with van der Waals surface area (Å²) in [7, 11) is 0. The lowest BCUT2D eigenvalue weighted by Crippen LogP contribution is -2.25. The minimum Gasteiger partial charge on any atom is -0.352 e. The highest BCUT2D eigenvalue weighted by molar-refractivity contribution is 7.09. The molecule has 0 unspecified atom stereocenters. The number of thiazole rings is 1. The van der Waals surface area contributed by atoms with Gasteiger partial charge in [-0.05, 0) is 59.7 Å². The minimum atomic E-state index is -0.0898. The fraction of sp³-hybridized carbons (Fsp3) is 0.200. The molecule has 0 spiro atoms.